The first-order chi connectivity index (χ1) is 13.0. The van der Waals surface area contributed by atoms with Crippen LogP contribution in [-0.4, -0.2) is 71.0 Å². The molecule has 0 radical (unpaired) electrons. The number of methoxy groups -OCH3 is 1. The maximum Gasteiger partial charge on any atom is 0.235 e. The zero-order valence-corrected chi connectivity index (χ0v) is 16.8. The fraction of sp³-hybridized carbons (Fsp3) is 0.474. The van der Waals surface area contributed by atoms with Crippen molar-refractivity contribution in [3.05, 3.63) is 35.7 Å². The van der Waals surface area contributed by atoms with Crippen molar-refractivity contribution in [2.45, 2.75) is 12.7 Å². The van der Waals surface area contributed by atoms with E-state index < -0.39 is 10.8 Å². The molecule has 27 heavy (non-hydrogen) atoms. The topological polar surface area (TPSA) is 75.9 Å². The van der Waals surface area contributed by atoms with Gasteiger partial charge in [-0.05, 0) is 38.2 Å². The summed E-state index contributed by atoms with van der Waals surface area (Å²) in [6.07, 6.45) is 0. The summed E-state index contributed by atoms with van der Waals surface area (Å²) in [5.74, 6) is 2.04. The van der Waals surface area contributed by atoms with E-state index >= 15 is 0 Å². The lowest BCUT2D eigenvalue weighted by Crippen LogP contribution is -2.48. The van der Waals surface area contributed by atoms with Gasteiger partial charge in [-0.15, -0.1) is 0 Å². The second-order valence-corrected chi connectivity index (χ2v) is 8.12. The van der Waals surface area contributed by atoms with Crippen molar-refractivity contribution in [3.63, 3.8) is 0 Å². The van der Waals surface area contributed by atoms with Crippen LogP contribution >= 0.6 is 0 Å². The number of nitrogens with zero attached hydrogens (tertiary/aromatic N) is 3. The molecule has 2 heterocycles. The molecule has 1 aliphatic rings. The third-order valence-corrected chi connectivity index (χ3v) is 5.83. The maximum absolute atomic E-state index is 12.5. The summed E-state index contributed by atoms with van der Waals surface area (Å²) < 4.78 is 23.3. The van der Waals surface area contributed by atoms with Crippen molar-refractivity contribution in [2.75, 3.05) is 46.1 Å². The van der Waals surface area contributed by atoms with Gasteiger partial charge in [0.1, 0.15) is 17.3 Å². The highest BCUT2D eigenvalue weighted by Gasteiger charge is 2.22. The molecule has 0 bridgehead atoms. The summed E-state index contributed by atoms with van der Waals surface area (Å²) >= 11 is 0. The van der Waals surface area contributed by atoms with Gasteiger partial charge in [0.05, 0.1) is 18.6 Å². The molecule has 8 heteroatoms. The fourth-order valence-corrected chi connectivity index (χ4v) is 4.04. The summed E-state index contributed by atoms with van der Waals surface area (Å²) in [6, 6.07) is 7.40. The van der Waals surface area contributed by atoms with Crippen LogP contribution in [0.15, 0.2) is 28.7 Å². The van der Waals surface area contributed by atoms with E-state index in [1.165, 1.54) is 0 Å². The van der Waals surface area contributed by atoms with E-state index in [0.29, 0.717) is 30.4 Å². The molecule has 1 aromatic carbocycles. The molecule has 0 saturated carbocycles. The Balaban J connectivity index is 1.60. The number of oxazole rings is 1. The molecular weight excluding hydrogens is 366 g/mol. The van der Waals surface area contributed by atoms with E-state index in [1.807, 2.05) is 31.3 Å². The van der Waals surface area contributed by atoms with Crippen LogP contribution in [0.3, 0.4) is 0 Å². The molecule has 1 aliphatic heterocycles. The minimum atomic E-state index is -1.32. The van der Waals surface area contributed by atoms with Crippen molar-refractivity contribution < 1.29 is 18.2 Å². The van der Waals surface area contributed by atoms with Gasteiger partial charge in [-0.2, -0.15) is 0 Å². The van der Waals surface area contributed by atoms with Crippen LogP contribution in [0, 0.1) is 6.92 Å². The number of hydrogen-bond donors (Lipinski definition) is 0. The quantitative estimate of drug-likeness (QED) is 0.746. The molecule has 0 aliphatic carbocycles. The van der Waals surface area contributed by atoms with Crippen molar-refractivity contribution >= 4 is 16.7 Å². The molecule has 7 nitrogen and oxygen atoms in total. The number of hydrogen-bond acceptors (Lipinski definition) is 6. The summed E-state index contributed by atoms with van der Waals surface area (Å²) in [6.45, 7) is 4.89. The van der Waals surface area contributed by atoms with Crippen LogP contribution in [0.2, 0.25) is 0 Å². The van der Waals surface area contributed by atoms with Gasteiger partial charge in [0.15, 0.2) is 0 Å². The average Bonchev–Trinajstić information content (AvgIpc) is 3.02. The standard InChI is InChI=1S/C19H25N3O4S/c1-14-17(20-19(26-14)15-4-6-16(25-3)7-5-15)12-27(24)13-18(23)22-10-8-21(2)9-11-22/h4-7H,8-13H2,1-3H3/t27-/m0/s1. The van der Waals surface area contributed by atoms with Crippen LogP contribution in [0.4, 0.5) is 0 Å². The third kappa shape index (κ3) is 4.95. The zero-order chi connectivity index (χ0) is 19.4. The fourth-order valence-electron chi connectivity index (χ4n) is 2.91. The SMILES string of the molecule is COc1ccc(-c2nc(C[S@](=O)CC(=O)N3CCN(C)CC3)c(C)o2)cc1. The smallest absolute Gasteiger partial charge is 0.235 e. The Kier molecular flexibility index (Phi) is 6.28. The first-order valence-electron chi connectivity index (χ1n) is 8.88. The molecule has 1 saturated heterocycles. The predicted octanol–water partition coefficient (Wildman–Crippen LogP) is 1.68. The van der Waals surface area contributed by atoms with E-state index in [0.717, 1.165) is 24.4 Å². The summed E-state index contributed by atoms with van der Waals surface area (Å²) in [7, 11) is 2.33. The van der Waals surface area contributed by atoms with Gasteiger partial charge in [-0.25, -0.2) is 4.98 Å². The van der Waals surface area contributed by atoms with Crippen LogP contribution in [0.1, 0.15) is 11.5 Å². The Bertz CT molecular complexity index is 811. The number of carbonyl (C=O) groups excluding carboxylic acids is 1. The van der Waals surface area contributed by atoms with E-state index in [4.69, 9.17) is 9.15 Å². The van der Waals surface area contributed by atoms with Crippen LogP contribution in [-0.2, 0) is 21.3 Å². The number of benzene rings is 1. The highest BCUT2D eigenvalue weighted by Crippen LogP contribution is 2.24. The van der Waals surface area contributed by atoms with Gasteiger partial charge in [-0.3, -0.25) is 9.00 Å². The summed E-state index contributed by atoms with van der Waals surface area (Å²) in [5.41, 5.74) is 1.45. The highest BCUT2D eigenvalue weighted by molar-refractivity contribution is 7.84. The highest BCUT2D eigenvalue weighted by atomic mass is 32.2. The van der Waals surface area contributed by atoms with Gasteiger partial charge < -0.3 is 19.0 Å². The number of likely N-dealkylation sites (N-methyl/N-ethyl adjacent to an activating group) is 1. The lowest BCUT2D eigenvalue weighted by molar-refractivity contribution is -0.129. The molecule has 0 unspecified atom stereocenters. The zero-order valence-electron chi connectivity index (χ0n) is 15.9. The lowest BCUT2D eigenvalue weighted by atomic mass is 10.2. The van der Waals surface area contributed by atoms with Gasteiger partial charge in [-0.1, -0.05) is 0 Å². The number of aryl methyl sites for hydroxylation is 1. The molecule has 3 rings (SSSR count). The lowest BCUT2D eigenvalue weighted by Gasteiger charge is -2.32. The first kappa shape index (κ1) is 19.6. The third-order valence-electron chi connectivity index (χ3n) is 4.67. The Hall–Kier alpha value is -2.19. The summed E-state index contributed by atoms with van der Waals surface area (Å²) in [5, 5.41) is 0. The minimum Gasteiger partial charge on any atom is -0.497 e. The molecule has 2 aromatic rings. The Morgan fingerprint density at radius 1 is 1.22 bits per heavy atom. The van der Waals surface area contributed by atoms with Crippen molar-refractivity contribution in [2.24, 2.45) is 0 Å². The van der Waals surface area contributed by atoms with Gasteiger partial charge in [0.2, 0.25) is 11.8 Å². The average molecular weight is 391 g/mol. The van der Waals surface area contributed by atoms with Gasteiger partial charge in [0, 0.05) is 42.5 Å². The van der Waals surface area contributed by atoms with Crippen molar-refractivity contribution in [1.82, 2.24) is 14.8 Å². The number of ether oxygens (including phenoxy) is 1. The molecule has 0 N–H and O–H groups in total. The van der Waals surface area contributed by atoms with E-state index in [-0.39, 0.29) is 17.4 Å². The van der Waals surface area contributed by atoms with E-state index in [9.17, 15) is 9.00 Å². The number of carbonyl (C=O) groups is 1. The van der Waals surface area contributed by atoms with Crippen LogP contribution in [0.5, 0.6) is 5.75 Å². The Morgan fingerprint density at radius 2 is 1.89 bits per heavy atom. The number of rotatable bonds is 6. The van der Waals surface area contributed by atoms with Gasteiger partial charge >= 0.3 is 0 Å². The first-order valence-corrected chi connectivity index (χ1v) is 10.4. The van der Waals surface area contributed by atoms with Crippen molar-refractivity contribution in [1.29, 1.82) is 0 Å². The molecule has 146 valence electrons. The molecular formula is C19H25N3O4S. The van der Waals surface area contributed by atoms with E-state index in [2.05, 4.69) is 9.88 Å². The Labute approximate surface area is 161 Å². The molecule has 1 aromatic heterocycles. The molecule has 1 amide bonds. The van der Waals surface area contributed by atoms with Crippen molar-refractivity contribution in [3.8, 4) is 17.2 Å². The maximum atomic E-state index is 12.5. The number of piperazine rings is 1. The monoisotopic (exact) mass is 391 g/mol. The summed E-state index contributed by atoms with van der Waals surface area (Å²) in [4.78, 5) is 20.8. The number of amides is 1. The van der Waals surface area contributed by atoms with Gasteiger partial charge in [0.25, 0.3) is 0 Å². The second kappa shape index (κ2) is 8.67. The Morgan fingerprint density at radius 3 is 2.52 bits per heavy atom. The van der Waals surface area contributed by atoms with Crippen LogP contribution in [0.25, 0.3) is 11.5 Å². The predicted molar refractivity (Wildman–Crippen MR) is 104 cm³/mol. The molecule has 1 atom stereocenters. The van der Waals surface area contributed by atoms with E-state index in [1.54, 1.807) is 18.9 Å². The largest absolute Gasteiger partial charge is 0.497 e. The minimum absolute atomic E-state index is 0.0217. The normalized spacial score (nSPS) is 16.3. The number of aromatic nitrogens is 1. The molecule has 1 fully saturated rings. The molecule has 0 spiro atoms. The van der Waals surface area contributed by atoms with Crippen LogP contribution < -0.4 is 4.74 Å². The second-order valence-electron chi connectivity index (χ2n) is 6.66.